The number of halogens is 1. The van der Waals surface area contributed by atoms with Gasteiger partial charge in [0.1, 0.15) is 0 Å². The third-order valence-electron chi connectivity index (χ3n) is 3.89. The zero-order chi connectivity index (χ0) is 13.8. The average Bonchev–Trinajstić information content (AvgIpc) is 2.38. The number of nitrogens with zero attached hydrogens (tertiary/aromatic N) is 1. The number of anilines is 1. The van der Waals surface area contributed by atoms with Crippen molar-refractivity contribution in [3.05, 3.63) is 28.7 Å². The quantitative estimate of drug-likeness (QED) is 0.898. The van der Waals surface area contributed by atoms with Gasteiger partial charge in [0.25, 0.3) is 0 Å². The van der Waals surface area contributed by atoms with Crippen molar-refractivity contribution in [2.24, 2.45) is 5.92 Å². The van der Waals surface area contributed by atoms with Crippen LogP contribution in [-0.2, 0) is 0 Å². The van der Waals surface area contributed by atoms with Crippen LogP contribution in [-0.4, -0.2) is 25.2 Å². The highest BCUT2D eigenvalue weighted by Gasteiger charge is 2.28. The molecule has 106 valence electrons. The molecule has 1 aromatic rings. The Morgan fingerprint density at radius 2 is 2.11 bits per heavy atom. The Bertz CT molecular complexity index is 405. The average molecular weight is 325 g/mol. The Morgan fingerprint density at radius 3 is 2.74 bits per heavy atom. The lowest BCUT2D eigenvalue weighted by Gasteiger charge is -2.42. The highest BCUT2D eigenvalue weighted by atomic mass is 79.9. The Morgan fingerprint density at radius 1 is 1.37 bits per heavy atom. The minimum absolute atomic E-state index is 0.599. The summed E-state index contributed by atoms with van der Waals surface area (Å²) in [6.45, 7) is 9.08. The van der Waals surface area contributed by atoms with Crippen LogP contribution in [0.2, 0.25) is 0 Å². The summed E-state index contributed by atoms with van der Waals surface area (Å²) in [4.78, 5) is 2.58. The molecular weight excluding hydrogens is 300 g/mol. The van der Waals surface area contributed by atoms with Gasteiger partial charge < -0.3 is 10.2 Å². The van der Waals surface area contributed by atoms with Crippen molar-refractivity contribution in [3.63, 3.8) is 0 Å². The second-order valence-electron chi connectivity index (χ2n) is 5.90. The van der Waals surface area contributed by atoms with Gasteiger partial charge in [0, 0.05) is 29.6 Å². The van der Waals surface area contributed by atoms with Crippen molar-refractivity contribution >= 4 is 21.6 Å². The molecule has 2 nitrogen and oxygen atoms in total. The monoisotopic (exact) mass is 324 g/mol. The standard InChI is InChI=1S/C16H25BrN2/c1-4-14-10-18-13(9-12(2)3)11-19(14)16-8-6-5-7-15(16)17/h5-8,12-14,18H,4,9-11H2,1-3H3. The van der Waals surface area contributed by atoms with Gasteiger partial charge in [0.15, 0.2) is 0 Å². The van der Waals surface area contributed by atoms with Crippen LogP contribution >= 0.6 is 15.9 Å². The highest BCUT2D eigenvalue weighted by molar-refractivity contribution is 9.10. The van der Waals surface area contributed by atoms with E-state index >= 15 is 0 Å². The van der Waals surface area contributed by atoms with E-state index in [9.17, 15) is 0 Å². The summed E-state index contributed by atoms with van der Waals surface area (Å²) >= 11 is 3.70. The summed E-state index contributed by atoms with van der Waals surface area (Å²) in [6.07, 6.45) is 2.43. The first-order valence-corrected chi connectivity index (χ1v) is 8.15. The molecule has 1 saturated heterocycles. The molecule has 0 saturated carbocycles. The van der Waals surface area contributed by atoms with Crippen molar-refractivity contribution < 1.29 is 0 Å². The van der Waals surface area contributed by atoms with Gasteiger partial charge in [-0.15, -0.1) is 0 Å². The molecule has 0 radical (unpaired) electrons. The molecule has 0 amide bonds. The van der Waals surface area contributed by atoms with E-state index in [1.807, 2.05) is 0 Å². The maximum Gasteiger partial charge on any atom is 0.0514 e. The number of benzene rings is 1. The smallest absolute Gasteiger partial charge is 0.0514 e. The van der Waals surface area contributed by atoms with Crippen LogP contribution in [0, 0.1) is 5.92 Å². The van der Waals surface area contributed by atoms with Crippen molar-refractivity contribution in [3.8, 4) is 0 Å². The minimum atomic E-state index is 0.599. The lowest BCUT2D eigenvalue weighted by atomic mass is 9.98. The highest BCUT2D eigenvalue weighted by Crippen LogP contribution is 2.30. The number of piperazine rings is 1. The molecule has 1 aliphatic rings. The molecule has 2 rings (SSSR count). The SMILES string of the molecule is CCC1CNC(CC(C)C)CN1c1ccccc1Br. The van der Waals surface area contributed by atoms with Crippen LogP contribution in [0.25, 0.3) is 0 Å². The molecule has 0 spiro atoms. The second kappa shape index (κ2) is 6.76. The Hall–Kier alpha value is -0.540. The molecule has 1 aromatic carbocycles. The summed E-state index contributed by atoms with van der Waals surface area (Å²) < 4.78 is 1.21. The van der Waals surface area contributed by atoms with E-state index in [2.05, 4.69) is 71.2 Å². The van der Waals surface area contributed by atoms with Crippen LogP contribution < -0.4 is 10.2 Å². The van der Waals surface area contributed by atoms with Crippen LogP contribution in [0.1, 0.15) is 33.6 Å². The largest absolute Gasteiger partial charge is 0.365 e. The lowest BCUT2D eigenvalue weighted by Crippen LogP contribution is -2.56. The van der Waals surface area contributed by atoms with Crippen LogP contribution in [0.4, 0.5) is 5.69 Å². The first kappa shape index (κ1) is 14.9. The molecule has 2 unspecified atom stereocenters. The van der Waals surface area contributed by atoms with Crippen LogP contribution in [0.3, 0.4) is 0 Å². The molecule has 1 fully saturated rings. The van der Waals surface area contributed by atoms with E-state index in [0.717, 1.165) is 19.0 Å². The molecule has 3 heteroatoms. The lowest BCUT2D eigenvalue weighted by molar-refractivity contribution is 0.343. The zero-order valence-corrected chi connectivity index (χ0v) is 13.8. The van der Waals surface area contributed by atoms with Crippen molar-refractivity contribution in [2.45, 2.75) is 45.7 Å². The first-order chi connectivity index (χ1) is 9.11. The Labute approximate surface area is 125 Å². The van der Waals surface area contributed by atoms with Gasteiger partial charge in [-0.05, 0) is 46.8 Å². The summed E-state index contributed by atoms with van der Waals surface area (Å²) in [5.74, 6) is 0.747. The molecule has 2 atom stereocenters. The molecule has 0 aliphatic carbocycles. The maximum absolute atomic E-state index is 3.71. The number of hydrogen-bond donors (Lipinski definition) is 1. The van der Waals surface area contributed by atoms with Crippen molar-refractivity contribution in [2.75, 3.05) is 18.0 Å². The topological polar surface area (TPSA) is 15.3 Å². The maximum atomic E-state index is 3.71. The number of rotatable bonds is 4. The molecule has 0 aromatic heterocycles. The van der Waals surface area contributed by atoms with E-state index in [1.54, 1.807) is 0 Å². The van der Waals surface area contributed by atoms with E-state index in [4.69, 9.17) is 0 Å². The molecule has 1 heterocycles. The summed E-state index contributed by atoms with van der Waals surface area (Å²) in [5.41, 5.74) is 1.34. The van der Waals surface area contributed by atoms with Crippen molar-refractivity contribution in [1.82, 2.24) is 5.32 Å². The predicted octanol–water partition coefficient (Wildman–Crippen LogP) is 4.05. The fraction of sp³-hybridized carbons (Fsp3) is 0.625. The molecule has 1 aliphatic heterocycles. The molecule has 1 N–H and O–H groups in total. The summed E-state index contributed by atoms with van der Waals surface area (Å²) in [5, 5.41) is 3.71. The van der Waals surface area contributed by atoms with Crippen LogP contribution in [0.15, 0.2) is 28.7 Å². The Balaban J connectivity index is 2.16. The third-order valence-corrected chi connectivity index (χ3v) is 4.56. The van der Waals surface area contributed by atoms with Gasteiger partial charge in [0.05, 0.1) is 5.69 Å². The third kappa shape index (κ3) is 3.73. The molecule has 0 bridgehead atoms. The van der Waals surface area contributed by atoms with Crippen LogP contribution in [0.5, 0.6) is 0 Å². The van der Waals surface area contributed by atoms with Gasteiger partial charge in [-0.3, -0.25) is 0 Å². The van der Waals surface area contributed by atoms with Gasteiger partial charge in [-0.25, -0.2) is 0 Å². The zero-order valence-electron chi connectivity index (χ0n) is 12.2. The number of hydrogen-bond acceptors (Lipinski definition) is 2. The van der Waals surface area contributed by atoms with E-state index in [0.29, 0.717) is 12.1 Å². The molecule has 19 heavy (non-hydrogen) atoms. The fourth-order valence-corrected chi connectivity index (χ4v) is 3.45. The van der Waals surface area contributed by atoms with E-state index in [-0.39, 0.29) is 0 Å². The van der Waals surface area contributed by atoms with Gasteiger partial charge in [-0.1, -0.05) is 32.9 Å². The summed E-state index contributed by atoms with van der Waals surface area (Å²) in [6, 6.07) is 9.79. The van der Waals surface area contributed by atoms with Gasteiger partial charge >= 0.3 is 0 Å². The Kier molecular flexibility index (Phi) is 5.28. The fourth-order valence-electron chi connectivity index (χ4n) is 2.94. The molecular formula is C16H25BrN2. The van der Waals surface area contributed by atoms with Crippen molar-refractivity contribution in [1.29, 1.82) is 0 Å². The normalized spacial score (nSPS) is 23.9. The summed E-state index contributed by atoms with van der Waals surface area (Å²) in [7, 11) is 0. The first-order valence-electron chi connectivity index (χ1n) is 7.36. The van der Waals surface area contributed by atoms with Gasteiger partial charge in [-0.2, -0.15) is 0 Å². The second-order valence-corrected chi connectivity index (χ2v) is 6.75. The van der Waals surface area contributed by atoms with Gasteiger partial charge in [0.2, 0.25) is 0 Å². The number of nitrogens with one attached hydrogen (secondary N) is 1. The van der Waals surface area contributed by atoms with E-state index in [1.165, 1.54) is 23.0 Å². The predicted molar refractivity (Wildman–Crippen MR) is 86.8 cm³/mol. The minimum Gasteiger partial charge on any atom is -0.365 e. The van der Waals surface area contributed by atoms with E-state index < -0.39 is 0 Å². The number of para-hydroxylation sites is 1.